The summed E-state index contributed by atoms with van der Waals surface area (Å²) in [5, 5.41) is 14.7. The quantitative estimate of drug-likeness (QED) is 0.442. The third-order valence-corrected chi connectivity index (χ3v) is 5.67. The number of phenols is 1. The molecule has 5 aromatic rings. The molecule has 0 saturated heterocycles. The summed E-state index contributed by atoms with van der Waals surface area (Å²) >= 11 is 0. The fraction of sp³-hybridized carbons (Fsp3) is 0.0800. The summed E-state index contributed by atoms with van der Waals surface area (Å²) in [6.45, 7) is 0. The van der Waals surface area contributed by atoms with E-state index in [1.54, 1.807) is 30.1 Å². The normalized spacial score (nSPS) is 14.5. The molecule has 0 spiro atoms. The van der Waals surface area contributed by atoms with Gasteiger partial charge >= 0.3 is 0 Å². The second-order valence-electron chi connectivity index (χ2n) is 7.56. The van der Waals surface area contributed by atoms with Crippen molar-refractivity contribution >= 4 is 5.65 Å². The molecule has 0 aliphatic carbocycles. The second kappa shape index (κ2) is 7.09. The van der Waals surface area contributed by atoms with Crippen LogP contribution in [-0.4, -0.2) is 31.8 Å². The summed E-state index contributed by atoms with van der Waals surface area (Å²) in [4.78, 5) is 9.38. The topological polar surface area (TPSA) is 81.8 Å². The van der Waals surface area contributed by atoms with E-state index in [2.05, 4.69) is 10.1 Å². The molecule has 0 saturated carbocycles. The molecule has 1 N–H and O–H groups in total. The summed E-state index contributed by atoms with van der Waals surface area (Å²) in [6, 6.07) is 22.9. The van der Waals surface area contributed by atoms with Crippen molar-refractivity contribution in [2.45, 2.75) is 5.92 Å². The molecule has 0 amide bonds. The molecule has 3 heterocycles. The second-order valence-corrected chi connectivity index (χ2v) is 7.56. The van der Waals surface area contributed by atoms with Crippen molar-refractivity contribution in [3.8, 4) is 34.5 Å². The molecular formula is C25H18N4O3. The number of methoxy groups -OCH3 is 1. The highest BCUT2D eigenvalue weighted by molar-refractivity contribution is 5.68. The van der Waals surface area contributed by atoms with Crippen LogP contribution in [0, 0.1) is 0 Å². The number of hydrogen-bond donors (Lipinski definition) is 1. The average molecular weight is 422 g/mol. The number of nitrogens with zero attached hydrogens (tertiary/aromatic N) is 4. The van der Waals surface area contributed by atoms with Crippen LogP contribution in [0.15, 0.2) is 79.1 Å². The van der Waals surface area contributed by atoms with Crippen LogP contribution in [0.3, 0.4) is 0 Å². The number of benzene rings is 3. The van der Waals surface area contributed by atoms with E-state index in [0.717, 1.165) is 28.0 Å². The van der Waals surface area contributed by atoms with E-state index in [0.29, 0.717) is 23.1 Å². The van der Waals surface area contributed by atoms with Crippen molar-refractivity contribution in [2.75, 3.05) is 7.11 Å². The summed E-state index contributed by atoms with van der Waals surface area (Å²) in [5.41, 5.74) is 4.37. The maximum Gasteiger partial charge on any atom is 0.228 e. The lowest BCUT2D eigenvalue weighted by molar-refractivity contribution is 0.414. The van der Waals surface area contributed by atoms with E-state index in [9.17, 15) is 5.11 Å². The lowest BCUT2D eigenvalue weighted by Crippen LogP contribution is -2.15. The van der Waals surface area contributed by atoms with Crippen LogP contribution in [0.1, 0.15) is 22.6 Å². The Kier molecular flexibility index (Phi) is 4.07. The number of ether oxygens (including phenoxy) is 2. The zero-order valence-electron chi connectivity index (χ0n) is 17.1. The van der Waals surface area contributed by atoms with Crippen molar-refractivity contribution in [3.63, 3.8) is 0 Å². The van der Waals surface area contributed by atoms with Crippen LogP contribution in [-0.2, 0) is 0 Å². The van der Waals surface area contributed by atoms with Gasteiger partial charge < -0.3 is 14.6 Å². The predicted molar refractivity (Wildman–Crippen MR) is 118 cm³/mol. The third kappa shape index (κ3) is 2.86. The molecule has 7 heteroatoms. The maximum absolute atomic E-state index is 10.0. The number of phenolic OH excluding ortho intramolecular Hbond substituents is 1. The van der Waals surface area contributed by atoms with E-state index in [1.165, 1.54) is 0 Å². The third-order valence-electron chi connectivity index (χ3n) is 5.67. The van der Waals surface area contributed by atoms with Crippen LogP contribution in [0.5, 0.6) is 23.1 Å². The average Bonchev–Trinajstić information content (AvgIpc) is 3.28. The molecule has 0 bridgehead atoms. The van der Waals surface area contributed by atoms with Gasteiger partial charge in [-0.3, -0.25) is 0 Å². The van der Waals surface area contributed by atoms with Gasteiger partial charge in [0.1, 0.15) is 23.6 Å². The first kappa shape index (κ1) is 18.4. The van der Waals surface area contributed by atoms with E-state index in [4.69, 9.17) is 14.5 Å². The molecule has 2 aromatic heterocycles. The number of hydrogen-bond acceptors (Lipinski definition) is 6. The number of fused-ring (bicyclic) bond motifs is 4. The molecule has 1 aliphatic heterocycles. The zero-order chi connectivity index (χ0) is 21.7. The van der Waals surface area contributed by atoms with Crippen LogP contribution >= 0.6 is 0 Å². The van der Waals surface area contributed by atoms with Crippen molar-refractivity contribution in [3.05, 3.63) is 95.8 Å². The first-order valence-corrected chi connectivity index (χ1v) is 10.2. The summed E-state index contributed by atoms with van der Waals surface area (Å²) in [5.74, 6) is 2.34. The predicted octanol–water partition coefficient (Wildman–Crippen LogP) is 4.79. The minimum atomic E-state index is -0.204. The first-order chi connectivity index (χ1) is 15.7. The minimum absolute atomic E-state index is 0.135. The Labute approximate surface area is 183 Å². The Bertz CT molecular complexity index is 1450. The standard InChI is InChI=1S/C25H18N4O3/c1-31-18-10-7-15(8-11-18)21-19-12-9-17(30)13-20(19)32-25-22(21)24-27-23(28-29(24)14-26-25)16-5-3-2-4-6-16/h2-14,21,30H,1H3. The van der Waals surface area contributed by atoms with Crippen LogP contribution in [0.25, 0.3) is 17.0 Å². The highest BCUT2D eigenvalue weighted by Crippen LogP contribution is 2.48. The highest BCUT2D eigenvalue weighted by atomic mass is 16.5. The highest BCUT2D eigenvalue weighted by Gasteiger charge is 2.33. The Morgan fingerprint density at radius 2 is 1.81 bits per heavy atom. The number of rotatable bonds is 3. The molecule has 156 valence electrons. The van der Waals surface area contributed by atoms with Gasteiger partial charge in [0, 0.05) is 23.1 Å². The van der Waals surface area contributed by atoms with Crippen LogP contribution < -0.4 is 9.47 Å². The van der Waals surface area contributed by atoms with Gasteiger partial charge in [0.25, 0.3) is 0 Å². The number of aromatic nitrogens is 4. The lowest BCUT2D eigenvalue weighted by Gasteiger charge is -2.28. The van der Waals surface area contributed by atoms with Crippen LogP contribution in [0.2, 0.25) is 0 Å². The maximum atomic E-state index is 10.0. The van der Waals surface area contributed by atoms with Gasteiger partial charge in [0.2, 0.25) is 5.88 Å². The van der Waals surface area contributed by atoms with E-state index < -0.39 is 0 Å². The van der Waals surface area contributed by atoms with E-state index in [1.807, 2.05) is 60.7 Å². The van der Waals surface area contributed by atoms with Gasteiger partial charge in [-0.2, -0.15) is 0 Å². The van der Waals surface area contributed by atoms with E-state index in [-0.39, 0.29) is 11.7 Å². The first-order valence-electron chi connectivity index (χ1n) is 10.2. The largest absolute Gasteiger partial charge is 0.508 e. The van der Waals surface area contributed by atoms with Gasteiger partial charge in [-0.15, -0.1) is 5.10 Å². The molecule has 32 heavy (non-hydrogen) atoms. The minimum Gasteiger partial charge on any atom is -0.508 e. The van der Waals surface area contributed by atoms with Gasteiger partial charge in [-0.1, -0.05) is 48.5 Å². The van der Waals surface area contributed by atoms with Crippen LogP contribution in [0.4, 0.5) is 0 Å². The SMILES string of the molecule is COc1ccc(C2c3ccc(O)cc3Oc3ncn4nc(-c5ccccc5)nc4c32)cc1. The van der Waals surface area contributed by atoms with Crippen molar-refractivity contribution in [2.24, 2.45) is 0 Å². The molecule has 0 radical (unpaired) electrons. The van der Waals surface area contributed by atoms with Crippen molar-refractivity contribution in [1.82, 2.24) is 19.6 Å². The van der Waals surface area contributed by atoms with Gasteiger partial charge in [0.15, 0.2) is 11.5 Å². The fourth-order valence-corrected chi connectivity index (χ4v) is 4.16. The summed E-state index contributed by atoms with van der Waals surface area (Å²) < 4.78 is 13.1. The summed E-state index contributed by atoms with van der Waals surface area (Å²) in [7, 11) is 1.64. The molecule has 0 fully saturated rings. The Balaban J connectivity index is 1.60. The van der Waals surface area contributed by atoms with Crippen molar-refractivity contribution < 1.29 is 14.6 Å². The Morgan fingerprint density at radius 3 is 2.59 bits per heavy atom. The molecule has 1 atom stereocenters. The summed E-state index contributed by atoms with van der Waals surface area (Å²) in [6.07, 6.45) is 1.60. The zero-order valence-corrected chi connectivity index (χ0v) is 17.1. The van der Waals surface area contributed by atoms with Gasteiger partial charge in [-0.25, -0.2) is 14.5 Å². The fourth-order valence-electron chi connectivity index (χ4n) is 4.16. The Morgan fingerprint density at radius 1 is 1.00 bits per heavy atom. The monoisotopic (exact) mass is 422 g/mol. The molecular weight excluding hydrogens is 404 g/mol. The molecule has 3 aromatic carbocycles. The van der Waals surface area contributed by atoms with Gasteiger partial charge in [-0.05, 0) is 23.8 Å². The molecule has 6 rings (SSSR count). The van der Waals surface area contributed by atoms with Crippen molar-refractivity contribution in [1.29, 1.82) is 0 Å². The van der Waals surface area contributed by atoms with E-state index >= 15 is 0 Å². The smallest absolute Gasteiger partial charge is 0.228 e. The molecule has 1 aliphatic rings. The van der Waals surface area contributed by atoms with Gasteiger partial charge in [0.05, 0.1) is 12.7 Å². The lowest BCUT2D eigenvalue weighted by atomic mass is 9.84. The molecule has 7 nitrogen and oxygen atoms in total. The number of aromatic hydroxyl groups is 1. The molecule has 1 unspecified atom stereocenters. The Hall–Kier alpha value is -4.39.